The van der Waals surface area contributed by atoms with Crippen LogP contribution in [0.1, 0.15) is 0 Å². The molecule has 5 heteroatoms. The van der Waals surface area contributed by atoms with Gasteiger partial charge in [-0.25, -0.2) is 4.98 Å². The van der Waals surface area contributed by atoms with E-state index in [1.807, 2.05) is 24.3 Å². The molecule has 3 heterocycles. The molecule has 0 bridgehead atoms. The van der Waals surface area contributed by atoms with Gasteiger partial charge in [0.2, 0.25) is 5.95 Å². The molecule has 0 amide bonds. The van der Waals surface area contributed by atoms with Crippen molar-refractivity contribution in [2.24, 2.45) is 0 Å². The predicted octanol–water partition coefficient (Wildman–Crippen LogP) is 17.7. The van der Waals surface area contributed by atoms with Crippen LogP contribution in [0.25, 0.3) is 134 Å². The van der Waals surface area contributed by atoms with Gasteiger partial charge in [0.25, 0.3) is 0 Å². The molecule has 0 saturated heterocycles. The number of hydrogen-bond donors (Lipinski definition) is 0. The number of para-hydroxylation sites is 2. The fourth-order valence-electron chi connectivity index (χ4n) is 10.9. The van der Waals surface area contributed by atoms with Gasteiger partial charge in [-0.2, -0.15) is 9.97 Å². The number of aromatic nitrogens is 5. The monoisotopic (exact) mass is 943 g/mol. The molecule has 0 radical (unpaired) electrons. The van der Waals surface area contributed by atoms with Gasteiger partial charge < -0.3 is 4.57 Å². The van der Waals surface area contributed by atoms with Crippen LogP contribution in [0.3, 0.4) is 0 Å². The van der Waals surface area contributed by atoms with Crippen LogP contribution in [0.15, 0.2) is 273 Å². The summed E-state index contributed by atoms with van der Waals surface area (Å²) >= 11 is 0. The summed E-state index contributed by atoms with van der Waals surface area (Å²) in [4.78, 5) is 16.1. The SMILES string of the molecule is c1ccc(-c2ccc(-c3ccccc3-c3cc(-c4ccccc4)cc(-n4c5ccccc5c5ccc6c7ccccc7n(-c7nc(-c8ccccc8)nc(-c8cccc(-c9ccccc9)c8)n7)c6c54)c3)cc2)cc1. The second-order valence-electron chi connectivity index (χ2n) is 18.8. The third-order valence-electron chi connectivity index (χ3n) is 14.4. The van der Waals surface area contributed by atoms with E-state index < -0.39 is 0 Å². The lowest BCUT2D eigenvalue weighted by Crippen LogP contribution is -2.07. The van der Waals surface area contributed by atoms with Crippen molar-refractivity contribution in [2.45, 2.75) is 0 Å². The second-order valence-corrected chi connectivity index (χ2v) is 18.8. The molecule has 14 rings (SSSR count). The zero-order valence-corrected chi connectivity index (χ0v) is 40.2. The lowest BCUT2D eigenvalue weighted by molar-refractivity contribution is 0.953. The Morgan fingerprint density at radius 2 is 0.635 bits per heavy atom. The van der Waals surface area contributed by atoms with Crippen LogP contribution in [-0.2, 0) is 0 Å². The molecule has 14 aromatic rings. The molecular formula is C69H45N5. The van der Waals surface area contributed by atoms with Gasteiger partial charge in [-0.1, -0.05) is 237 Å². The van der Waals surface area contributed by atoms with E-state index in [-0.39, 0.29) is 0 Å². The molecule has 0 aliphatic carbocycles. The summed E-state index contributed by atoms with van der Waals surface area (Å²) < 4.78 is 4.75. The van der Waals surface area contributed by atoms with Gasteiger partial charge in [-0.15, -0.1) is 0 Å². The second kappa shape index (κ2) is 18.0. The van der Waals surface area contributed by atoms with Crippen molar-refractivity contribution >= 4 is 43.6 Å². The zero-order chi connectivity index (χ0) is 49.0. The van der Waals surface area contributed by atoms with Crippen LogP contribution in [0.5, 0.6) is 0 Å². The maximum atomic E-state index is 5.47. The largest absolute Gasteiger partial charge is 0.307 e. The summed E-state index contributed by atoms with van der Waals surface area (Å²) in [7, 11) is 0. The van der Waals surface area contributed by atoms with Crippen molar-refractivity contribution in [1.82, 2.24) is 24.1 Å². The highest BCUT2D eigenvalue weighted by Crippen LogP contribution is 2.44. The normalized spacial score (nSPS) is 11.5. The van der Waals surface area contributed by atoms with E-state index in [0.29, 0.717) is 17.6 Å². The summed E-state index contributed by atoms with van der Waals surface area (Å²) in [5, 5.41) is 4.51. The van der Waals surface area contributed by atoms with Crippen molar-refractivity contribution in [2.75, 3.05) is 0 Å². The Morgan fingerprint density at radius 1 is 0.230 bits per heavy atom. The number of hydrogen-bond acceptors (Lipinski definition) is 3. The average Bonchev–Trinajstić information content (AvgIpc) is 4.02. The van der Waals surface area contributed by atoms with Gasteiger partial charge in [0.15, 0.2) is 11.6 Å². The van der Waals surface area contributed by atoms with Crippen LogP contribution >= 0.6 is 0 Å². The highest BCUT2D eigenvalue weighted by molar-refractivity contribution is 6.23. The van der Waals surface area contributed by atoms with E-state index in [4.69, 9.17) is 15.0 Å². The fourth-order valence-corrected chi connectivity index (χ4v) is 10.9. The van der Waals surface area contributed by atoms with Crippen molar-refractivity contribution in [3.05, 3.63) is 273 Å². The molecule has 74 heavy (non-hydrogen) atoms. The minimum absolute atomic E-state index is 0.542. The van der Waals surface area contributed by atoms with E-state index in [0.717, 1.165) is 99.4 Å². The maximum Gasteiger partial charge on any atom is 0.238 e. The Kier molecular flexibility index (Phi) is 10.4. The summed E-state index contributed by atoms with van der Waals surface area (Å²) in [5.74, 6) is 1.74. The van der Waals surface area contributed by atoms with Gasteiger partial charge in [0, 0.05) is 38.4 Å². The molecule has 0 atom stereocenters. The molecule has 0 N–H and O–H groups in total. The van der Waals surface area contributed by atoms with Crippen LogP contribution in [0.4, 0.5) is 0 Å². The first-order chi connectivity index (χ1) is 36.7. The zero-order valence-electron chi connectivity index (χ0n) is 40.2. The van der Waals surface area contributed by atoms with E-state index in [9.17, 15) is 0 Å². The summed E-state index contributed by atoms with van der Waals surface area (Å²) in [6.45, 7) is 0. The molecule has 5 nitrogen and oxygen atoms in total. The van der Waals surface area contributed by atoms with Crippen LogP contribution in [0.2, 0.25) is 0 Å². The smallest absolute Gasteiger partial charge is 0.238 e. The molecule has 0 aliphatic rings. The van der Waals surface area contributed by atoms with E-state index in [2.05, 4.69) is 258 Å². The van der Waals surface area contributed by atoms with Crippen molar-refractivity contribution < 1.29 is 0 Å². The molecule has 0 fully saturated rings. The average molecular weight is 944 g/mol. The van der Waals surface area contributed by atoms with Crippen molar-refractivity contribution in [1.29, 1.82) is 0 Å². The Bertz CT molecular complexity index is 4390. The highest BCUT2D eigenvalue weighted by atomic mass is 15.2. The lowest BCUT2D eigenvalue weighted by Gasteiger charge is -2.17. The molecule has 3 aromatic heterocycles. The molecule has 0 aliphatic heterocycles. The maximum absolute atomic E-state index is 5.47. The summed E-state index contributed by atoms with van der Waals surface area (Å²) in [5.41, 5.74) is 18.5. The summed E-state index contributed by atoms with van der Waals surface area (Å²) in [6, 6.07) is 97.4. The highest BCUT2D eigenvalue weighted by Gasteiger charge is 2.24. The molecule has 0 saturated carbocycles. The van der Waals surface area contributed by atoms with Gasteiger partial charge >= 0.3 is 0 Å². The van der Waals surface area contributed by atoms with E-state index in [1.54, 1.807) is 0 Å². The minimum Gasteiger partial charge on any atom is -0.307 e. The third-order valence-corrected chi connectivity index (χ3v) is 14.4. The molecule has 0 unspecified atom stereocenters. The Morgan fingerprint density at radius 3 is 1.26 bits per heavy atom. The Hall–Kier alpha value is -9.97. The lowest BCUT2D eigenvalue weighted by atomic mass is 9.91. The van der Waals surface area contributed by atoms with Gasteiger partial charge in [0.1, 0.15) is 0 Å². The number of benzene rings is 11. The van der Waals surface area contributed by atoms with Crippen molar-refractivity contribution in [3.8, 4) is 90.0 Å². The Balaban J connectivity index is 1.04. The first-order valence-electron chi connectivity index (χ1n) is 25.1. The third kappa shape index (κ3) is 7.46. The van der Waals surface area contributed by atoms with Gasteiger partial charge in [-0.05, 0) is 92.0 Å². The van der Waals surface area contributed by atoms with Crippen LogP contribution in [0, 0.1) is 0 Å². The minimum atomic E-state index is 0.542. The molecule has 346 valence electrons. The first-order valence-corrected chi connectivity index (χ1v) is 25.1. The standard InChI is InChI=1S/C69H45N5/c1-5-20-46(21-6-1)49-36-38-50(39-37-49)57-30-13-14-31-58(57)55-43-54(48-24-9-3-10-25-48)44-56(45-55)73-63-34-17-15-32-59(63)61-40-41-62-60-33-16-18-35-64(60)74(66(62)65(61)73)69-71-67(51-26-11-4-12-27-51)70-68(72-69)53-29-19-28-52(42-53)47-22-7-2-8-23-47/h1-45H. The summed E-state index contributed by atoms with van der Waals surface area (Å²) in [6.07, 6.45) is 0. The topological polar surface area (TPSA) is 48.5 Å². The number of nitrogens with zero attached hydrogens (tertiary/aromatic N) is 5. The molecule has 11 aromatic carbocycles. The van der Waals surface area contributed by atoms with Gasteiger partial charge in [-0.3, -0.25) is 4.57 Å². The first kappa shape index (κ1) is 42.9. The van der Waals surface area contributed by atoms with Crippen LogP contribution in [-0.4, -0.2) is 24.1 Å². The fraction of sp³-hybridized carbons (Fsp3) is 0. The van der Waals surface area contributed by atoms with E-state index in [1.165, 1.54) is 16.7 Å². The van der Waals surface area contributed by atoms with E-state index >= 15 is 0 Å². The number of rotatable bonds is 9. The molecular weight excluding hydrogens is 899 g/mol. The predicted molar refractivity (Wildman–Crippen MR) is 307 cm³/mol. The van der Waals surface area contributed by atoms with Gasteiger partial charge in [0.05, 0.1) is 22.1 Å². The van der Waals surface area contributed by atoms with Crippen LogP contribution < -0.4 is 0 Å². The number of fused-ring (bicyclic) bond motifs is 7. The van der Waals surface area contributed by atoms with Crippen molar-refractivity contribution in [3.63, 3.8) is 0 Å². The Labute approximate surface area is 428 Å². The molecule has 0 spiro atoms. The quantitative estimate of drug-likeness (QED) is 0.145.